The standard InChI is InChI=1S/C18H18BrN9O/c1-26-6-7-27(10-15(26)29)18-24-16-11(19)8-21-28(16)17(25-18)20-9-14-22-12-4-2-3-5-13(12)23-14/h2-5,8H,6-7,9-10H2,1H3,(H,22,23)(H,20,24,25). The minimum absolute atomic E-state index is 0.0454. The van der Waals surface area contributed by atoms with Gasteiger partial charge in [0, 0.05) is 20.1 Å². The number of benzene rings is 1. The van der Waals surface area contributed by atoms with Gasteiger partial charge in [0.05, 0.1) is 34.8 Å². The summed E-state index contributed by atoms with van der Waals surface area (Å²) in [4.78, 5) is 32.8. The van der Waals surface area contributed by atoms with Gasteiger partial charge in [0.2, 0.25) is 17.8 Å². The number of halogens is 1. The number of carbonyl (C=O) groups excluding carboxylic acids is 1. The van der Waals surface area contributed by atoms with Gasteiger partial charge in [0.15, 0.2) is 5.65 Å². The summed E-state index contributed by atoms with van der Waals surface area (Å²) in [6.07, 6.45) is 1.68. The van der Waals surface area contributed by atoms with E-state index in [0.29, 0.717) is 37.2 Å². The van der Waals surface area contributed by atoms with Crippen LogP contribution < -0.4 is 10.2 Å². The van der Waals surface area contributed by atoms with Crippen LogP contribution in [0.5, 0.6) is 0 Å². The molecule has 4 heterocycles. The smallest absolute Gasteiger partial charge is 0.242 e. The van der Waals surface area contributed by atoms with E-state index in [1.807, 2.05) is 29.2 Å². The van der Waals surface area contributed by atoms with E-state index in [4.69, 9.17) is 0 Å². The first-order valence-corrected chi connectivity index (χ1v) is 9.95. The Labute approximate surface area is 174 Å². The highest BCUT2D eigenvalue weighted by Gasteiger charge is 2.24. The van der Waals surface area contributed by atoms with Crippen molar-refractivity contribution in [2.75, 3.05) is 36.9 Å². The molecular formula is C18H18BrN9O. The number of carbonyl (C=O) groups is 1. The Bertz CT molecular complexity index is 1180. The second-order valence-electron chi connectivity index (χ2n) is 6.87. The maximum atomic E-state index is 12.1. The lowest BCUT2D eigenvalue weighted by Gasteiger charge is -2.32. The normalized spacial score (nSPS) is 14.9. The van der Waals surface area contributed by atoms with Gasteiger partial charge < -0.3 is 20.1 Å². The van der Waals surface area contributed by atoms with Crippen LogP contribution >= 0.6 is 15.9 Å². The summed E-state index contributed by atoms with van der Waals surface area (Å²) < 4.78 is 2.39. The van der Waals surface area contributed by atoms with Gasteiger partial charge in [0.25, 0.3) is 0 Å². The van der Waals surface area contributed by atoms with Crippen LogP contribution in [-0.2, 0) is 11.3 Å². The average Bonchev–Trinajstić information content (AvgIpc) is 3.31. The Morgan fingerprint density at radius 3 is 2.90 bits per heavy atom. The number of hydrogen-bond donors (Lipinski definition) is 2. The first-order chi connectivity index (χ1) is 14.1. The summed E-state index contributed by atoms with van der Waals surface area (Å²) in [5, 5.41) is 7.63. The Balaban J connectivity index is 1.46. The highest BCUT2D eigenvalue weighted by Crippen LogP contribution is 2.22. The van der Waals surface area contributed by atoms with Crippen LogP contribution in [0.1, 0.15) is 5.82 Å². The van der Waals surface area contributed by atoms with E-state index in [0.717, 1.165) is 21.3 Å². The van der Waals surface area contributed by atoms with Crippen molar-refractivity contribution in [2.24, 2.45) is 0 Å². The van der Waals surface area contributed by atoms with E-state index in [2.05, 4.69) is 46.3 Å². The van der Waals surface area contributed by atoms with Crippen LogP contribution in [0.2, 0.25) is 0 Å². The summed E-state index contributed by atoms with van der Waals surface area (Å²) in [5.41, 5.74) is 2.53. The molecule has 4 aromatic rings. The second-order valence-corrected chi connectivity index (χ2v) is 7.72. The first-order valence-electron chi connectivity index (χ1n) is 9.16. The Kier molecular flexibility index (Phi) is 4.31. The quantitative estimate of drug-likeness (QED) is 0.481. The van der Waals surface area contributed by atoms with Crippen molar-refractivity contribution in [1.82, 2.24) is 34.4 Å². The number of amides is 1. The van der Waals surface area contributed by atoms with E-state index >= 15 is 0 Å². The maximum absolute atomic E-state index is 12.1. The number of aromatic nitrogens is 6. The third kappa shape index (κ3) is 3.27. The van der Waals surface area contributed by atoms with Crippen molar-refractivity contribution < 1.29 is 4.79 Å². The number of piperazine rings is 1. The molecule has 1 amide bonds. The molecule has 2 N–H and O–H groups in total. The van der Waals surface area contributed by atoms with Crippen molar-refractivity contribution in [2.45, 2.75) is 6.54 Å². The van der Waals surface area contributed by atoms with Gasteiger partial charge in [-0.1, -0.05) is 12.1 Å². The molecule has 1 aliphatic heterocycles. The predicted molar refractivity (Wildman–Crippen MR) is 112 cm³/mol. The zero-order valence-electron chi connectivity index (χ0n) is 15.6. The fraction of sp³-hybridized carbons (Fsp3) is 0.278. The van der Waals surface area contributed by atoms with Gasteiger partial charge in [-0.15, -0.1) is 0 Å². The van der Waals surface area contributed by atoms with Gasteiger partial charge >= 0.3 is 0 Å². The highest BCUT2D eigenvalue weighted by atomic mass is 79.9. The van der Waals surface area contributed by atoms with Gasteiger partial charge in [-0.2, -0.15) is 19.6 Å². The Morgan fingerprint density at radius 2 is 2.07 bits per heavy atom. The second kappa shape index (κ2) is 6.99. The molecule has 0 atom stereocenters. The molecule has 5 rings (SSSR count). The number of H-pyrrole nitrogens is 1. The molecule has 1 aliphatic rings. The molecule has 0 radical (unpaired) electrons. The summed E-state index contributed by atoms with van der Waals surface area (Å²) in [7, 11) is 1.80. The minimum Gasteiger partial charge on any atom is -0.347 e. The number of rotatable bonds is 4. The molecule has 1 aromatic carbocycles. The Hall–Kier alpha value is -3.21. The molecule has 1 saturated heterocycles. The first kappa shape index (κ1) is 17.9. The fourth-order valence-electron chi connectivity index (χ4n) is 3.28. The summed E-state index contributed by atoms with van der Waals surface area (Å²) in [6, 6.07) is 7.88. The molecule has 0 bridgehead atoms. The third-order valence-electron chi connectivity index (χ3n) is 4.91. The average molecular weight is 456 g/mol. The van der Waals surface area contributed by atoms with Crippen molar-refractivity contribution in [3.05, 3.63) is 40.8 Å². The molecule has 0 unspecified atom stereocenters. The molecular weight excluding hydrogens is 438 g/mol. The van der Waals surface area contributed by atoms with E-state index in [9.17, 15) is 4.79 Å². The number of imidazole rings is 1. The van der Waals surface area contributed by atoms with Gasteiger partial charge in [-0.3, -0.25) is 4.79 Å². The largest absolute Gasteiger partial charge is 0.347 e. The van der Waals surface area contributed by atoms with Crippen LogP contribution in [0.4, 0.5) is 11.9 Å². The number of nitrogens with zero attached hydrogens (tertiary/aromatic N) is 7. The van der Waals surface area contributed by atoms with Crippen LogP contribution in [0.3, 0.4) is 0 Å². The van der Waals surface area contributed by atoms with Crippen LogP contribution in [0, 0.1) is 0 Å². The molecule has 0 saturated carbocycles. The van der Waals surface area contributed by atoms with E-state index in [1.165, 1.54) is 0 Å². The maximum Gasteiger partial charge on any atom is 0.242 e. The fourth-order valence-corrected chi connectivity index (χ4v) is 3.62. The monoisotopic (exact) mass is 455 g/mol. The molecule has 11 heteroatoms. The number of anilines is 2. The van der Waals surface area contributed by atoms with Crippen molar-refractivity contribution in [3.8, 4) is 0 Å². The predicted octanol–water partition coefficient (Wildman–Crippen LogP) is 1.65. The topological polar surface area (TPSA) is 107 Å². The lowest BCUT2D eigenvalue weighted by Crippen LogP contribution is -2.49. The third-order valence-corrected chi connectivity index (χ3v) is 5.47. The number of hydrogen-bond acceptors (Lipinski definition) is 7. The van der Waals surface area contributed by atoms with Gasteiger partial charge in [0.1, 0.15) is 5.82 Å². The van der Waals surface area contributed by atoms with Crippen LogP contribution in [0.25, 0.3) is 16.7 Å². The van der Waals surface area contributed by atoms with Crippen LogP contribution in [0.15, 0.2) is 34.9 Å². The molecule has 0 aliphatic carbocycles. The molecule has 1 fully saturated rings. The zero-order chi connectivity index (χ0) is 20.0. The van der Waals surface area contributed by atoms with E-state index in [1.54, 1.807) is 22.7 Å². The minimum atomic E-state index is 0.0454. The van der Waals surface area contributed by atoms with Crippen molar-refractivity contribution >= 4 is 50.4 Å². The number of likely N-dealkylation sites (N-methyl/N-ethyl adjacent to an activating group) is 1. The highest BCUT2D eigenvalue weighted by molar-refractivity contribution is 9.10. The summed E-state index contributed by atoms with van der Waals surface area (Å²) in [5.74, 6) is 1.86. The summed E-state index contributed by atoms with van der Waals surface area (Å²) in [6.45, 7) is 2.00. The SMILES string of the molecule is CN1CCN(c2nc(NCc3nc4ccccc4[nH]3)n3ncc(Br)c3n2)CC1=O. The summed E-state index contributed by atoms with van der Waals surface area (Å²) >= 11 is 3.49. The van der Waals surface area contributed by atoms with Gasteiger partial charge in [-0.05, 0) is 28.1 Å². The molecule has 29 heavy (non-hydrogen) atoms. The molecule has 0 spiro atoms. The molecule has 148 valence electrons. The van der Waals surface area contributed by atoms with Crippen LogP contribution in [-0.4, -0.2) is 67.0 Å². The number of fused-ring (bicyclic) bond motifs is 2. The molecule has 3 aromatic heterocycles. The van der Waals surface area contributed by atoms with E-state index < -0.39 is 0 Å². The van der Waals surface area contributed by atoms with E-state index in [-0.39, 0.29) is 12.5 Å². The van der Waals surface area contributed by atoms with Crippen molar-refractivity contribution in [3.63, 3.8) is 0 Å². The number of nitrogens with one attached hydrogen (secondary N) is 2. The van der Waals surface area contributed by atoms with Crippen molar-refractivity contribution in [1.29, 1.82) is 0 Å². The zero-order valence-corrected chi connectivity index (χ0v) is 17.2. The lowest BCUT2D eigenvalue weighted by molar-refractivity contribution is -0.129. The molecule has 10 nitrogen and oxygen atoms in total. The van der Waals surface area contributed by atoms with Gasteiger partial charge in [-0.25, -0.2) is 4.98 Å². The number of aromatic amines is 1. The lowest BCUT2D eigenvalue weighted by atomic mass is 10.3. The Morgan fingerprint density at radius 1 is 1.21 bits per heavy atom. The number of para-hydroxylation sites is 2.